The number of hydrogen-bond acceptors (Lipinski definition) is 8. The van der Waals surface area contributed by atoms with Gasteiger partial charge in [0.05, 0.1) is 22.4 Å². The van der Waals surface area contributed by atoms with Crippen molar-refractivity contribution in [2.75, 3.05) is 42.6 Å². The fourth-order valence-corrected chi connectivity index (χ4v) is 3.98. The average Bonchev–Trinajstić information content (AvgIpc) is 2.81. The predicted molar refractivity (Wildman–Crippen MR) is 120 cm³/mol. The number of hydrogen-bond donors (Lipinski definition) is 0. The van der Waals surface area contributed by atoms with Crippen molar-refractivity contribution in [2.45, 2.75) is 6.92 Å². The van der Waals surface area contributed by atoms with Crippen LogP contribution in [0.5, 0.6) is 0 Å². The van der Waals surface area contributed by atoms with Crippen molar-refractivity contribution in [2.24, 2.45) is 7.05 Å². The van der Waals surface area contributed by atoms with Gasteiger partial charge in [-0.1, -0.05) is 6.07 Å². The van der Waals surface area contributed by atoms with Crippen molar-refractivity contribution < 1.29 is 14.5 Å². The standard InChI is InChI=1S/C22H23N5O5/c1-3-32-22(29)16-14-24(2)17-13-18(19(27(30)31)12-15(17)21(16)28)25-8-10-26(11-9-25)20-6-4-5-7-23-20/h4-7,12-14H,3,8-11H2,1-2H3. The van der Waals surface area contributed by atoms with E-state index in [9.17, 15) is 19.7 Å². The number of pyridine rings is 2. The molecule has 10 nitrogen and oxygen atoms in total. The minimum absolute atomic E-state index is 0.112. The van der Waals surface area contributed by atoms with Crippen LogP contribution in [0.15, 0.2) is 47.5 Å². The lowest BCUT2D eigenvalue weighted by Crippen LogP contribution is -2.47. The maximum Gasteiger partial charge on any atom is 0.343 e. The fourth-order valence-electron chi connectivity index (χ4n) is 3.98. The first-order chi connectivity index (χ1) is 15.4. The van der Waals surface area contributed by atoms with E-state index < -0.39 is 16.3 Å². The van der Waals surface area contributed by atoms with Gasteiger partial charge in [0.15, 0.2) is 0 Å². The Balaban J connectivity index is 1.72. The van der Waals surface area contributed by atoms with E-state index in [1.54, 1.807) is 30.8 Å². The molecular weight excluding hydrogens is 414 g/mol. The first-order valence-electron chi connectivity index (χ1n) is 10.3. The van der Waals surface area contributed by atoms with E-state index in [0.717, 1.165) is 5.82 Å². The number of anilines is 2. The van der Waals surface area contributed by atoms with Gasteiger partial charge in [0.2, 0.25) is 5.43 Å². The number of nitro benzene ring substituents is 1. The van der Waals surface area contributed by atoms with Crippen molar-refractivity contribution in [3.63, 3.8) is 0 Å². The summed E-state index contributed by atoms with van der Waals surface area (Å²) in [6.07, 6.45) is 3.15. The average molecular weight is 437 g/mol. The number of piperazine rings is 1. The minimum atomic E-state index is -0.743. The summed E-state index contributed by atoms with van der Waals surface area (Å²) in [6.45, 7) is 4.23. The zero-order chi connectivity index (χ0) is 22.8. The van der Waals surface area contributed by atoms with Crippen molar-refractivity contribution in [3.8, 4) is 0 Å². The molecule has 4 rings (SSSR count). The summed E-state index contributed by atoms with van der Waals surface area (Å²) in [6, 6.07) is 8.63. The first kappa shape index (κ1) is 21.3. The van der Waals surface area contributed by atoms with Crippen LogP contribution in [-0.4, -0.2) is 53.2 Å². The molecular formula is C22H23N5O5. The number of aryl methyl sites for hydroxylation is 1. The molecule has 1 saturated heterocycles. The fraction of sp³-hybridized carbons (Fsp3) is 0.318. The lowest BCUT2D eigenvalue weighted by atomic mass is 10.1. The Morgan fingerprint density at radius 1 is 1.19 bits per heavy atom. The molecule has 0 radical (unpaired) electrons. The minimum Gasteiger partial charge on any atom is -0.462 e. The van der Waals surface area contributed by atoms with Crippen LogP contribution in [0.2, 0.25) is 0 Å². The molecule has 0 N–H and O–H groups in total. The number of aromatic nitrogens is 2. The summed E-state index contributed by atoms with van der Waals surface area (Å²) >= 11 is 0. The van der Waals surface area contributed by atoms with Gasteiger partial charge in [-0.15, -0.1) is 0 Å². The molecule has 1 fully saturated rings. The van der Waals surface area contributed by atoms with Crippen molar-refractivity contribution >= 4 is 34.1 Å². The summed E-state index contributed by atoms with van der Waals surface area (Å²) in [5.74, 6) is 0.126. The van der Waals surface area contributed by atoms with Gasteiger partial charge in [-0.3, -0.25) is 14.9 Å². The zero-order valence-corrected chi connectivity index (χ0v) is 17.9. The second kappa shape index (κ2) is 8.66. The monoisotopic (exact) mass is 437 g/mol. The Bertz CT molecular complexity index is 1230. The molecule has 0 saturated carbocycles. The van der Waals surface area contributed by atoms with Crippen LogP contribution in [0, 0.1) is 10.1 Å². The Kier molecular flexibility index (Phi) is 5.76. The Morgan fingerprint density at radius 2 is 1.91 bits per heavy atom. The van der Waals surface area contributed by atoms with Gasteiger partial charge in [0.25, 0.3) is 5.69 Å². The summed E-state index contributed by atoms with van der Waals surface area (Å²) in [5, 5.41) is 12.0. The largest absolute Gasteiger partial charge is 0.462 e. The van der Waals surface area contributed by atoms with E-state index in [1.807, 2.05) is 23.1 Å². The summed E-state index contributed by atoms with van der Waals surface area (Å²) in [4.78, 5) is 44.9. The van der Waals surface area contributed by atoms with Gasteiger partial charge in [-0.25, -0.2) is 9.78 Å². The number of rotatable bonds is 5. The number of carbonyl (C=O) groups excluding carboxylic acids is 1. The van der Waals surface area contributed by atoms with Crippen molar-refractivity contribution in [3.05, 3.63) is 68.6 Å². The molecule has 32 heavy (non-hydrogen) atoms. The first-order valence-corrected chi connectivity index (χ1v) is 10.3. The highest BCUT2D eigenvalue weighted by Crippen LogP contribution is 2.33. The molecule has 0 spiro atoms. The Labute approximate surface area is 183 Å². The molecule has 0 unspecified atom stereocenters. The van der Waals surface area contributed by atoms with E-state index in [4.69, 9.17) is 4.74 Å². The molecule has 166 valence electrons. The van der Waals surface area contributed by atoms with E-state index in [-0.39, 0.29) is 23.2 Å². The molecule has 2 aromatic heterocycles. The van der Waals surface area contributed by atoms with E-state index in [1.165, 1.54) is 12.3 Å². The third-order valence-electron chi connectivity index (χ3n) is 5.57. The lowest BCUT2D eigenvalue weighted by molar-refractivity contribution is -0.384. The van der Waals surface area contributed by atoms with E-state index in [2.05, 4.69) is 9.88 Å². The molecule has 10 heteroatoms. The SMILES string of the molecule is CCOC(=O)c1cn(C)c2cc(N3CCN(c4ccccn4)CC3)c([N+](=O)[O-])cc2c1=O. The van der Waals surface area contributed by atoms with Crippen LogP contribution in [0.1, 0.15) is 17.3 Å². The number of nitrogens with zero attached hydrogens (tertiary/aromatic N) is 5. The van der Waals surface area contributed by atoms with Crippen LogP contribution >= 0.6 is 0 Å². The van der Waals surface area contributed by atoms with Crippen LogP contribution in [-0.2, 0) is 11.8 Å². The van der Waals surface area contributed by atoms with E-state index in [0.29, 0.717) is 37.4 Å². The number of nitro groups is 1. The quantitative estimate of drug-likeness (QED) is 0.340. The molecule has 0 atom stereocenters. The van der Waals surface area contributed by atoms with Crippen molar-refractivity contribution in [1.29, 1.82) is 0 Å². The number of esters is 1. The smallest absolute Gasteiger partial charge is 0.343 e. The molecule has 1 aliphatic rings. The highest BCUT2D eigenvalue weighted by molar-refractivity contribution is 5.96. The summed E-state index contributed by atoms with van der Waals surface area (Å²) in [5.41, 5.74) is 0.0683. The molecule has 0 amide bonds. The topological polar surface area (TPSA) is 111 Å². The second-order valence-corrected chi connectivity index (χ2v) is 7.48. The number of carbonyl (C=O) groups is 1. The molecule has 3 heterocycles. The number of benzene rings is 1. The van der Waals surface area contributed by atoms with Crippen LogP contribution in [0.4, 0.5) is 17.2 Å². The number of ether oxygens (including phenoxy) is 1. The van der Waals surface area contributed by atoms with Crippen LogP contribution in [0.3, 0.4) is 0 Å². The maximum atomic E-state index is 12.9. The summed E-state index contributed by atoms with van der Waals surface area (Å²) in [7, 11) is 1.69. The second-order valence-electron chi connectivity index (χ2n) is 7.48. The third kappa shape index (κ3) is 3.86. The summed E-state index contributed by atoms with van der Waals surface area (Å²) < 4.78 is 6.58. The number of fused-ring (bicyclic) bond motifs is 1. The normalized spacial score (nSPS) is 13.9. The Hall–Kier alpha value is -3.95. The van der Waals surface area contributed by atoms with Gasteiger partial charge in [0, 0.05) is 51.7 Å². The molecule has 3 aromatic rings. The predicted octanol–water partition coefficient (Wildman–Crippen LogP) is 2.35. The highest BCUT2D eigenvalue weighted by atomic mass is 16.6. The van der Waals surface area contributed by atoms with Crippen LogP contribution in [0.25, 0.3) is 10.9 Å². The lowest BCUT2D eigenvalue weighted by Gasteiger charge is -2.36. The zero-order valence-electron chi connectivity index (χ0n) is 17.9. The van der Waals surface area contributed by atoms with Gasteiger partial charge >= 0.3 is 5.97 Å². The third-order valence-corrected chi connectivity index (χ3v) is 5.57. The molecule has 1 aliphatic heterocycles. The molecule has 1 aromatic carbocycles. The maximum absolute atomic E-state index is 12.9. The van der Waals surface area contributed by atoms with Gasteiger partial charge in [0.1, 0.15) is 17.1 Å². The van der Waals surface area contributed by atoms with Crippen LogP contribution < -0.4 is 15.2 Å². The highest BCUT2D eigenvalue weighted by Gasteiger charge is 2.27. The van der Waals surface area contributed by atoms with Gasteiger partial charge in [-0.05, 0) is 25.1 Å². The molecule has 0 bridgehead atoms. The Morgan fingerprint density at radius 3 is 2.53 bits per heavy atom. The van der Waals surface area contributed by atoms with Crippen molar-refractivity contribution in [1.82, 2.24) is 9.55 Å². The molecule has 0 aliphatic carbocycles. The van der Waals surface area contributed by atoms with E-state index >= 15 is 0 Å². The van der Waals surface area contributed by atoms with Gasteiger partial charge < -0.3 is 19.1 Å². The van der Waals surface area contributed by atoms with Gasteiger partial charge in [-0.2, -0.15) is 0 Å².